The molecule has 3 aromatic heterocycles. The molecule has 0 spiro atoms. The number of nitrogen functional groups attached to an aromatic ring is 1. The Morgan fingerprint density at radius 3 is 2.79 bits per heavy atom. The smallest absolute Gasteiger partial charge is 0.248 e. The summed E-state index contributed by atoms with van der Waals surface area (Å²) in [6.45, 7) is 0. The second kappa shape index (κ2) is 7.76. The van der Waals surface area contributed by atoms with Gasteiger partial charge in [-0.1, -0.05) is 0 Å². The van der Waals surface area contributed by atoms with Gasteiger partial charge in [0.1, 0.15) is 10.6 Å². The summed E-state index contributed by atoms with van der Waals surface area (Å²) in [5, 5.41) is 11.7. The summed E-state index contributed by atoms with van der Waals surface area (Å²) >= 11 is 1.41. The Bertz CT molecular complexity index is 1060. The molecule has 29 heavy (non-hydrogen) atoms. The molecule has 1 unspecified atom stereocenters. The van der Waals surface area contributed by atoms with Crippen LogP contribution in [0, 0.1) is 5.92 Å². The van der Waals surface area contributed by atoms with Gasteiger partial charge in [-0.3, -0.25) is 4.99 Å². The number of nitrogens with zero attached hydrogens (tertiary/aromatic N) is 3. The number of anilines is 1. The largest absolute Gasteiger partial charge is 0.387 e. The van der Waals surface area contributed by atoms with E-state index in [0.29, 0.717) is 18.7 Å². The number of aromatic nitrogens is 2. The van der Waals surface area contributed by atoms with E-state index in [2.05, 4.69) is 9.98 Å². The molecule has 1 aliphatic carbocycles. The van der Waals surface area contributed by atoms with Crippen LogP contribution in [0.3, 0.4) is 0 Å². The molecule has 8 heteroatoms. The van der Waals surface area contributed by atoms with Crippen LogP contribution in [0.25, 0.3) is 21.5 Å². The Morgan fingerprint density at radius 2 is 2.07 bits per heavy atom. The molecule has 4 rings (SSSR count). The third kappa shape index (κ3) is 4.13. The molecule has 0 aromatic carbocycles. The fourth-order valence-corrected chi connectivity index (χ4v) is 4.84. The van der Waals surface area contributed by atoms with Crippen LogP contribution in [0.15, 0.2) is 35.5 Å². The van der Waals surface area contributed by atoms with Gasteiger partial charge in [0.05, 0.1) is 11.8 Å². The SMILES string of the molecule is CN=Cc1cc(-c2ccc3cc(C(O)C4CCC(F)(F)CC4)sc3n2)cnc1N. The highest BCUT2D eigenvalue weighted by molar-refractivity contribution is 7.18. The Labute approximate surface area is 171 Å². The van der Waals surface area contributed by atoms with Gasteiger partial charge in [0.25, 0.3) is 0 Å². The highest BCUT2D eigenvalue weighted by Gasteiger charge is 2.38. The van der Waals surface area contributed by atoms with E-state index in [1.54, 1.807) is 19.5 Å². The number of nitrogens with two attached hydrogens (primary N) is 1. The zero-order valence-electron chi connectivity index (χ0n) is 16.0. The molecular weight excluding hydrogens is 394 g/mol. The molecule has 0 radical (unpaired) electrons. The van der Waals surface area contributed by atoms with Gasteiger partial charge in [-0.05, 0) is 43.0 Å². The normalized spacial score (nSPS) is 18.5. The van der Waals surface area contributed by atoms with Gasteiger partial charge in [0.2, 0.25) is 5.92 Å². The maximum Gasteiger partial charge on any atom is 0.248 e. The lowest BCUT2D eigenvalue weighted by Gasteiger charge is -2.30. The summed E-state index contributed by atoms with van der Waals surface area (Å²) in [6.07, 6.45) is 2.93. The zero-order chi connectivity index (χ0) is 20.6. The Hall–Kier alpha value is -2.45. The van der Waals surface area contributed by atoms with Crippen molar-refractivity contribution in [1.82, 2.24) is 9.97 Å². The molecule has 0 saturated heterocycles. The highest BCUT2D eigenvalue weighted by atomic mass is 32.1. The summed E-state index contributed by atoms with van der Waals surface area (Å²) in [7, 11) is 1.67. The van der Waals surface area contributed by atoms with Gasteiger partial charge < -0.3 is 10.8 Å². The number of halogens is 2. The number of hydrogen-bond acceptors (Lipinski definition) is 6. The van der Waals surface area contributed by atoms with Gasteiger partial charge in [0, 0.05) is 53.7 Å². The van der Waals surface area contributed by atoms with E-state index in [1.807, 2.05) is 24.3 Å². The third-order valence-corrected chi connectivity index (χ3v) is 6.53. The predicted octanol–water partition coefficient (Wildman–Crippen LogP) is 4.85. The van der Waals surface area contributed by atoms with Crippen LogP contribution in [-0.2, 0) is 0 Å². The fourth-order valence-electron chi connectivity index (χ4n) is 3.73. The van der Waals surface area contributed by atoms with E-state index in [1.165, 1.54) is 11.3 Å². The van der Waals surface area contributed by atoms with Crippen molar-refractivity contribution in [1.29, 1.82) is 0 Å². The number of rotatable bonds is 4. The number of aliphatic hydroxyl groups is 1. The zero-order valence-corrected chi connectivity index (χ0v) is 16.8. The van der Waals surface area contributed by atoms with Crippen LogP contribution in [-0.4, -0.2) is 34.3 Å². The molecule has 1 aliphatic rings. The lowest BCUT2D eigenvalue weighted by molar-refractivity contribution is -0.0622. The Morgan fingerprint density at radius 1 is 1.31 bits per heavy atom. The van der Waals surface area contributed by atoms with Crippen molar-refractivity contribution in [3.63, 3.8) is 0 Å². The van der Waals surface area contributed by atoms with Crippen LogP contribution in [0.2, 0.25) is 0 Å². The number of aliphatic imine (C=N–C) groups is 1. The summed E-state index contributed by atoms with van der Waals surface area (Å²) in [5.74, 6) is -2.33. The van der Waals surface area contributed by atoms with Crippen LogP contribution in [0.5, 0.6) is 0 Å². The maximum absolute atomic E-state index is 13.4. The second-order valence-electron chi connectivity index (χ2n) is 7.46. The molecule has 5 nitrogen and oxygen atoms in total. The van der Waals surface area contributed by atoms with Crippen LogP contribution in [0.4, 0.5) is 14.6 Å². The first-order chi connectivity index (χ1) is 13.9. The molecule has 0 amide bonds. The van der Waals surface area contributed by atoms with Crippen molar-refractivity contribution in [2.45, 2.75) is 37.7 Å². The predicted molar refractivity (Wildman–Crippen MR) is 113 cm³/mol. The number of hydrogen-bond donors (Lipinski definition) is 2. The maximum atomic E-state index is 13.4. The number of aliphatic hydroxyl groups excluding tert-OH is 1. The first-order valence-corrected chi connectivity index (χ1v) is 10.3. The van der Waals surface area contributed by atoms with Crippen LogP contribution >= 0.6 is 11.3 Å². The monoisotopic (exact) mass is 416 g/mol. The quantitative estimate of drug-likeness (QED) is 0.596. The summed E-state index contributed by atoms with van der Waals surface area (Å²) in [4.78, 5) is 14.5. The molecule has 3 heterocycles. The summed E-state index contributed by atoms with van der Waals surface area (Å²) in [6, 6.07) is 7.63. The Kier molecular flexibility index (Phi) is 5.31. The van der Waals surface area contributed by atoms with E-state index in [9.17, 15) is 13.9 Å². The van der Waals surface area contributed by atoms with Gasteiger partial charge in [-0.15, -0.1) is 11.3 Å². The minimum Gasteiger partial charge on any atom is -0.387 e. The molecule has 1 saturated carbocycles. The number of alkyl halides is 2. The average molecular weight is 416 g/mol. The fraction of sp³-hybridized carbons (Fsp3) is 0.381. The lowest BCUT2D eigenvalue weighted by Crippen LogP contribution is -2.27. The van der Waals surface area contributed by atoms with Crippen molar-refractivity contribution in [3.05, 3.63) is 40.9 Å². The number of pyridine rings is 2. The molecule has 0 bridgehead atoms. The average Bonchev–Trinajstić information content (AvgIpc) is 3.12. The van der Waals surface area contributed by atoms with E-state index in [0.717, 1.165) is 31.9 Å². The molecule has 152 valence electrons. The number of thiophene rings is 1. The van der Waals surface area contributed by atoms with Crippen molar-refractivity contribution in [3.8, 4) is 11.3 Å². The van der Waals surface area contributed by atoms with Gasteiger partial charge in [0.15, 0.2) is 0 Å². The second-order valence-corrected chi connectivity index (χ2v) is 8.53. The highest BCUT2D eigenvalue weighted by Crippen LogP contribution is 2.43. The number of fused-ring (bicyclic) bond motifs is 1. The third-order valence-electron chi connectivity index (χ3n) is 5.42. The molecule has 3 N–H and O–H groups in total. The first kappa shape index (κ1) is 19.8. The minimum atomic E-state index is -2.60. The lowest BCUT2D eigenvalue weighted by atomic mass is 9.83. The van der Waals surface area contributed by atoms with E-state index < -0.39 is 12.0 Å². The van der Waals surface area contributed by atoms with Crippen molar-refractivity contribution in [2.24, 2.45) is 10.9 Å². The minimum absolute atomic E-state index is 0.139. The first-order valence-electron chi connectivity index (χ1n) is 9.51. The summed E-state index contributed by atoms with van der Waals surface area (Å²) < 4.78 is 26.8. The topological polar surface area (TPSA) is 84.4 Å². The van der Waals surface area contributed by atoms with Crippen molar-refractivity contribution < 1.29 is 13.9 Å². The van der Waals surface area contributed by atoms with Gasteiger partial charge in [-0.2, -0.15) is 0 Å². The molecule has 1 fully saturated rings. The molecular formula is C21H22F2N4OS. The van der Waals surface area contributed by atoms with E-state index in [-0.39, 0.29) is 18.8 Å². The van der Waals surface area contributed by atoms with Gasteiger partial charge in [-0.25, -0.2) is 18.7 Å². The molecule has 1 atom stereocenters. The standard InChI is InChI=1S/C21H22F2N4OS/c1-25-10-15-8-14(11-26-19(15)24)16-3-2-13-9-17(29-20(13)27-16)18(28)12-4-6-21(22,23)7-5-12/h2-3,8-12,18,28H,4-7H2,1H3,(H2,24,26). The van der Waals surface area contributed by atoms with E-state index in [4.69, 9.17) is 10.7 Å². The van der Waals surface area contributed by atoms with Crippen molar-refractivity contribution in [2.75, 3.05) is 12.8 Å². The molecule has 3 aromatic rings. The molecule has 0 aliphatic heterocycles. The van der Waals surface area contributed by atoms with Crippen LogP contribution in [0.1, 0.15) is 42.2 Å². The van der Waals surface area contributed by atoms with Crippen molar-refractivity contribution >= 4 is 33.6 Å². The van der Waals surface area contributed by atoms with Crippen LogP contribution < -0.4 is 5.73 Å². The summed E-state index contributed by atoms with van der Waals surface area (Å²) in [5.41, 5.74) is 8.16. The Balaban J connectivity index is 1.61. The van der Waals surface area contributed by atoms with Gasteiger partial charge >= 0.3 is 0 Å². The van der Waals surface area contributed by atoms with E-state index >= 15 is 0 Å².